The molecule has 0 saturated carbocycles. The van der Waals surface area contributed by atoms with Crippen LogP contribution in [0.15, 0.2) is 77.0 Å². The lowest BCUT2D eigenvalue weighted by Gasteiger charge is -2.10. The Morgan fingerprint density at radius 3 is 2.42 bits per heavy atom. The lowest BCUT2D eigenvalue weighted by Crippen LogP contribution is -2.17. The summed E-state index contributed by atoms with van der Waals surface area (Å²) in [7, 11) is 1.52. The molecule has 5 N–H and O–H groups in total. The molecule has 1 heterocycles. The smallest absolute Gasteiger partial charge is 0.254 e. The molecule has 1 aromatic heterocycles. The number of nitrogens with two attached hydrogens (primary N) is 1. The van der Waals surface area contributed by atoms with Gasteiger partial charge in [-0.1, -0.05) is 44.2 Å². The highest BCUT2D eigenvalue weighted by Gasteiger charge is 2.20. The van der Waals surface area contributed by atoms with Gasteiger partial charge < -0.3 is 21.1 Å². The molecule has 0 fully saturated rings. The molecule has 7 nitrogen and oxygen atoms in total. The van der Waals surface area contributed by atoms with E-state index in [1.54, 1.807) is 30.3 Å². The fraction of sp³-hybridized carbons (Fsp3) is 0.115. The van der Waals surface area contributed by atoms with E-state index in [-0.39, 0.29) is 17.0 Å². The van der Waals surface area contributed by atoms with Crippen LogP contribution in [0.25, 0.3) is 32.6 Å². The highest BCUT2D eigenvalue weighted by atomic mass is 16.3. The van der Waals surface area contributed by atoms with Gasteiger partial charge in [0.25, 0.3) is 5.91 Å². The first kappa shape index (κ1) is 21.8. The van der Waals surface area contributed by atoms with Crippen LogP contribution in [-0.2, 0) is 0 Å². The quantitative estimate of drug-likeness (QED) is 0.188. The third kappa shape index (κ3) is 3.85. The van der Waals surface area contributed by atoms with Gasteiger partial charge in [0, 0.05) is 34.4 Å². The summed E-state index contributed by atoms with van der Waals surface area (Å²) in [5, 5.41) is 25.7. The third-order valence-electron chi connectivity index (χ3n) is 5.36. The van der Waals surface area contributed by atoms with Crippen molar-refractivity contribution in [1.29, 1.82) is 0 Å². The zero-order chi connectivity index (χ0) is 23.5. The van der Waals surface area contributed by atoms with Crippen molar-refractivity contribution in [3.63, 3.8) is 0 Å². The van der Waals surface area contributed by atoms with Crippen molar-refractivity contribution in [1.82, 2.24) is 10.3 Å². The maximum Gasteiger partial charge on any atom is 0.254 e. The summed E-state index contributed by atoms with van der Waals surface area (Å²) < 4.78 is 0. The van der Waals surface area contributed by atoms with Gasteiger partial charge in [-0.05, 0) is 41.8 Å². The number of para-hydroxylation sites is 1. The number of nitrogens with zero attached hydrogens (tertiary/aromatic N) is 2. The van der Waals surface area contributed by atoms with Crippen LogP contribution < -0.4 is 11.1 Å². The second kappa shape index (κ2) is 9.00. The molecule has 0 saturated heterocycles. The fourth-order valence-electron chi connectivity index (χ4n) is 3.83. The molecule has 0 spiro atoms. The number of benzene rings is 4. The van der Waals surface area contributed by atoms with Crippen LogP contribution in [0.4, 0.5) is 17.1 Å². The molecule has 0 bridgehead atoms. The van der Waals surface area contributed by atoms with E-state index in [0.29, 0.717) is 16.8 Å². The van der Waals surface area contributed by atoms with Crippen molar-refractivity contribution in [2.24, 2.45) is 10.2 Å². The topological polar surface area (TPSA) is 116 Å². The average molecular weight is 440 g/mol. The molecule has 0 unspecified atom stereocenters. The molecular formula is C26H25N5O2. The van der Waals surface area contributed by atoms with E-state index in [1.165, 1.54) is 7.05 Å². The first-order valence-corrected chi connectivity index (χ1v) is 10.8. The number of azo groups is 1. The highest BCUT2D eigenvalue weighted by molar-refractivity contribution is 6.21. The van der Waals surface area contributed by atoms with E-state index in [4.69, 9.17) is 5.73 Å². The number of anilines is 1. The van der Waals surface area contributed by atoms with E-state index in [0.717, 1.165) is 27.2 Å². The Labute approximate surface area is 191 Å². The Hall–Kier alpha value is -4.39. The molecule has 166 valence electrons. The monoisotopic (exact) mass is 439 g/mol. The van der Waals surface area contributed by atoms with Gasteiger partial charge in [0.2, 0.25) is 0 Å². The predicted molar refractivity (Wildman–Crippen MR) is 135 cm³/mol. The third-order valence-corrected chi connectivity index (χ3v) is 5.36. The van der Waals surface area contributed by atoms with Gasteiger partial charge in [0.1, 0.15) is 5.69 Å². The second-order valence-electron chi connectivity index (χ2n) is 7.25. The standard InChI is InChI=1S/C24H19N5O2.C2H6/c1-26-24(31)18-12-13-6-11-17-16-4-2-3-5-19(16)27-21(17)20(13)22(23(18)30)29-28-15-9-7-14(25)8-10-15;1-2/h2-12,27,30H,25H2,1H3,(H,26,31);1-2H3. The van der Waals surface area contributed by atoms with Gasteiger partial charge in [-0.3, -0.25) is 4.79 Å². The Morgan fingerprint density at radius 2 is 1.70 bits per heavy atom. The molecule has 4 aromatic carbocycles. The lowest BCUT2D eigenvalue weighted by molar-refractivity contribution is 0.0960. The SMILES string of the molecule is CC.CNC(=O)c1cc2ccc3c4ccccc4[nH]c3c2c(N=Nc2ccc(N)cc2)c1O. The maximum atomic E-state index is 12.4. The van der Waals surface area contributed by atoms with Crippen LogP contribution in [0.1, 0.15) is 24.2 Å². The highest BCUT2D eigenvalue weighted by Crippen LogP contribution is 2.43. The fourth-order valence-corrected chi connectivity index (χ4v) is 3.83. The normalized spacial score (nSPS) is 11.1. The summed E-state index contributed by atoms with van der Waals surface area (Å²) >= 11 is 0. The van der Waals surface area contributed by atoms with Crippen molar-refractivity contribution in [3.8, 4) is 5.75 Å². The summed E-state index contributed by atoms with van der Waals surface area (Å²) in [5.41, 5.74) is 9.10. The lowest BCUT2D eigenvalue weighted by atomic mass is 10.00. The first-order chi connectivity index (χ1) is 16.1. The van der Waals surface area contributed by atoms with E-state index < -0.39 is 5.91 Å². The molecule has 0 radical (unpaired) electrons. The van der Waals surface area contributed by atoms with Crippen molar-refractivity contribution < 1.29 is 9.90 Å². The van der Waals surface area contributed by atoms with E-state index in [1.807, 2.05) is 50.2 Å². The number of hydrogen-bond donors (Lipinski definition) is 4. The molecular weight excluding hydrogens is 414 g/mol. The zero-order valence-electron chi connectivity index (χ0n) is 18.7. The summed E-state index contributed by atoms with van der Waals surface area (Å²) in [4.78, 5) is 15.8. The Balaban J connectivity index is 0.00000126. The summed E-state index contributed by atoms with van der Waals surface area (Å²) in [6, 6.07) is 20.5. The van der Waals surface area contributed by atoms with Crippen molar-refractivity contribution in [2.45, 2.75) is 13.8 Å². The number of carbonyl (C=O) groups is 1. The van der Waals surface area contributed by atoms with Crippen LogP contribution in [0.2, 0.25) is 0 Å². The number of nitrogens with one attached hydrogen (secondary N) is 2. The largest absolute Gasteiger partial charge is 0.505 e. The second-order valence-corrected chi connectivity index (χ2v) is 7.25. The van der Waals surface area contributed by atoms with E-state index in [9.17, 15) is 9.90 Å². The summed E-state index contributed by atoms with van der Waals surface area (Å²) in [5.74, 6) is -0.628. The van der Waals surface area contributed by atoms with Gasteiger partial charge in [-0.25, -0.2) is 0 Å². The summed E-state index contributed by atoms with van der Waals surface area (Å²) in [6.45, 7) is 4.00. The number of amides is 1. The molecule has 0 atom stereocenters. The molecule has 7 heteroatoms. The van der Waals surface area contributed by atoms with Gasteiger partial charge in [-0.15, -0.1) is 5.11 Å². The molecule has 5 rings (SSSR count). The number of aromatic amines is 1. The predicted octanol–water partition coefficient (Wildman–Crippen LogP) is 6.56. The Bertz CT molecular complexity index is 1500. The minimum Gasteiger partial charge on any atom is -0.505 e. The minimum atomic E-state index is -0.403. The van der Waals surface area contributed by atoms with E-state index in [2.05, 4.69) is 20.5 Å². The van der Waals surface area contributed by atoms with Crippen LogP contribution >= 0.6 is 0 Å². The minimum absolute atomic E-state index is 0.136. The average Bonchev–Trinajstić information content (AvgIpc) is 3.24. The van der Waals surface area contributed by atoms with Crippen LogP contribution in [0.5, 0.6) is 5.75 Å². The molecule has 0 aliphatic heterocycles. The number of fused-ring (bicyclic) bond motifs is 5. The number of rotatable bonds is 3. The van der Waals surface area contributed by atoms with Gasteiger partial charge >= 0.3 is 0 Å². The first-order valence-electron chi connectivity index (χ1n) is 10.8. The Kier molecular flexibility index (Phi) is 5.95. The van der Waals surface area contributed by atoms with Crippen molar-refractivity contribution in [2.75, 3.05) is 12.8 Å². The van der Waals surface area contributed by atoms with Crippen LogP contribution in [-0.4, -0.2) is 23.0 Å². The number of aromatic hydroxyl groups is 1. The molecule has 33 heavy (non-hydrogen) atoms. The number of nitrogen functional groups attached to an aromatic ring is 1. The van der Waals surface area contributed by atoms with Crippen molar-refractivity contribution in [3.05, 3.63) is 72.3 Å². The number of carbonyl (C=O) groups excluding carboxylic acids is 1. The van der Waals surface area contributed by atoms with Gasteiger partial charge in [-0.2, -0.15) is 5.11 Å². The zero-order valence-corrected chi connectivity index (χ0v) is 18.7. The number of phenols is 1. The van der Waals surface area contributed by atoms with Crippen molar-refractivity contribution >= 4 is 55.5 Å². The molecule has 0 aliphatic rings. The van der Waals surface area contributed by atoms with E-state index >= 15 is 0 Å². The van der Waals surface area contributed by atoms with Crippen LogP contribution in [0.3, 0.4) is 0 Å². The van der Waals surface area contributed by atoms with Crippen LogP contribution in [0, 0.1) is 0 Å². The summed E-state index contributed by atoms with van der Waals surface area (Å²) in [6.07, 6.45) is 0. The van der Waals surface area contributed by atoms with Gasteiger partial charge in [0.05, 0.1) is 16.8 Å². The number of phenolic OH excluding ortho intramolecular Hbond substituents is 1. The number of hydrogen-bond acceptors (Lipinski definition) is 5. The number of H-pyrrole nitrogens is 1. The number of aromatic nitrogens is 1. The molecule has 0 aliphatic carbocycles. The molecule has 5 aromatic rings. The van der Waals surface area contributed by atoms with Gasteiger partial charge in [0.15, 0.2) is 5.75 Å². The Morgan fingerprint density at radius 1 is 0.970 bits per heavy atom. The maximum absolute atomic E-state index is 12.4. The molecule has 1 amide bonds.